The fraction of sp³-hybridized carbons (Fsp3) is 0.500. The SMILES string of the molecule is CCN1C(=O)S/C(=C/c2cc(C)n(C(C)(C)C)c2C)C1=O. The summed E-state index contributed by atoms with van der Waals surface area (Å²) in [7, 11) is 0. The van der Waals surface area contributed by atoms with Crippen LogP contribution >= 0.6 is 11.8 Å². The van der Waals surface area contributed by atoms with Gasteiger partial charge in [-0.3, -0.25) is 14.5 Å². The molecule has 1 aromatic rings. The van der Waals surface area contributed by atoms with Crippen molar-refractivity contribution in [3.05, 3.63) is 27.9 Å². The Morgan fingerprint density at radius 1 is 1.24 bits per heavy atom. The molecule has 0 radical (unpaired) electrons. The second-order valence-electron chi connectivity index (χ2n) is 6.26. The summed E-state index contributed by atoms with van der Waals surface area (Å²) >= 11 is 1.02. The van der Waals surface area contributed by atoms with Gasteiger partial charge in [-0.05, 0) is 71.0 Å². The van der Waals surface area contributed by atoms with Gasteiger partial charge in [-0.1, -0.05) is 0 Å². The second kappa shape index (κ2) is 5.37. The highest BCUT2D eigenvalue weighted by atomic mass is 32.2. The number of aryl methyl sites for hydroxylation is 1. The summed E-state index contributed by atoms with van der Waals surface area (Å²) in [6.07, 6.45) is 1.84. The molecular weight excluding hydrogens is 284 g/mol. The predicted molar refractivity (Wildman–Crippen MR) is 87.3 cm³/mol. The number of carbonyl (C=O) groups is 2. The number of amides is 2. The summed E-state index contributed by atoms with van der Waals surface area (Å²) in [6.45, 7) is 12.8. The smallest absolute Gasteiger partial charge is 0.293 e. The lowest BCUT2D eigenvalue weighted by atomic mass is 10.1. The van der Waals surface area contributed by atoms with E-state index in [1.807, 2.05) is 19.9 Å². The summed E-state index contributed by atoms with van der Waals surface area (Å²) in [6, 6.07) is 2.07. The molecule has 2 amide bonds. The van der Waals surface area contributed by atoms with Gasteiger partial charge in [0.2, 0.25) is 0 Å². The zero-order valence-corrected chi connectivity index (χ0v) is 14.3. The lowest BCUT2D eigenvalue weighted by Gasteiger charge is -2.25. The third-order valence-corrected chi connectivity index (χ3v) is 4.52. The predicted octanol–water partition coefficient (Wildman–Crippen LogP) is 3.92. The maximum atomic E-state index is 12.2. The normalized spacial score (nSPS) is 18.2. The molecule has 2 rings (SSSR count). The highest BCUT2D eigenvalue weighted by molar-refractivity contribution is 8.18. The van der Waals surface area contributed by atoms with E-state index in [9.17, 15) is 9.59 Å². The average molecular weight is 306 g/mol. The second-order valence-corrected chi connectivity index (χ2v) is 7.25. The van der Waals surface area contributed by atoms with Gasteiger partial charge >= 0.3 is 0 Å². The minimum absolute atomic E-state index is 0.0109. The van der Waals surface area contributed by atoms with Gasteiger partial charge in [0.1, 0.15) is 0 Å². The van der Waals surface area contributed by atoms with Crippen LogP contribution in [0.2, 0.25) is 0 Å². The van der Waals surface area contributed by atoms with Gasteiger partial charge < -0.3 is 4.57 Å². The highest BCUT2D eigenvalue weighted by Crippen LogP contribution is 2.34. The Hall–Kier alpha value is -1.49. The summed E-state index contributed by atoms with van der Waals surface area (Å²) in [5, 5.41) is -0.182. The van der Waals surface area contributed by atoms with E-state index in [4.69, 9.17) is 0 Å². The van der Waals surface area contributed by atoms with Gasteiger partial charge in [-0.15, -0.1) is 0 Å². The minimum atomic E-state index is -0.187. The van der Waals surface area contributed by atoms with Crippen LogP contribution in [0.4, 0.5) is 4.79 Å². The van der Waals surface area contributed by atoms with Crippen molar-refractivity contribution in [3.63, 3.8) is 0 Å². The van der Waals surface area contributed by atoms with Crippen LogP contribution in [0.15, 0.2) is 11.0 Å². The minimum Gasteiger partial charge on any atom is -0.343 e. The van der Waals surface area contributed by atoms with Crippen LogP contribution in [0, 0.1) is 13.8 Å². The number of rotatable bonds is 2. The van der Waals surface area contributed by atoms with E-state index in [-0.39, 0.29) is 16.7 Å². The Morgan fingerprint density at radius 3 is 2.29 bits per heavy atom. The number of hydrogen-bond donors (Lipinski definition) is 0. The highest BCUT2D eigenvalue weighted by Gasteiger charge is 2.34. The molecule has 0 aromatic carbocycles. The maximum absolute atomic E-state index is 12.2. The number of aromatic nitrogens is 1. The quantitative estimate of drug-likeness (QED) is 0.778. The van der Waals surface area contributed by atoms with Crippen molar-refractivity contribution in [3.8, 4) is 0 Å². The molecule has 1 fully saturated rings. The molecule has 21 heavy (non-hydrogen) atoms. The Kier molecular flexibility index (Phi) is 4.06. The number of imide groups is 1. The van der Waals surface area contributed by atoms with Gasteiger partial charge in [-0.25, -0.2) is 0 Å². The first-order valence-electron chi connectivity index (χ1n) is 7.11. The van der Waals surface area contributed by atoms with Crippen LogP contribution in [0.3, 0.4) is 0 Å². The average Bonchev–Trinajstić information content (AvgIpc) is 2.77. The van der Waals surface area contributed by atoms with Crippen molar-refractivity contribution >= 4 is 29.0 Å². The van der Waals surface area contributed by atoms with E-state index in [0.717, 1.165) is 28.7 Å². The van der Waals surface area contributed by atoms with E-state index < -0.39 is 0 Å². The Balaban J connectivity index is 2.44. The Labute approximate surface area is 130 Å². The lowest BCUT2D eigenvalue weighted by molar-refractivity contribution is -0.122. The first kappa shape index (κ1) is 15.9. The number of nitrogens with zero attached hydrogens (tertiary/aromatic N) is 2. The maximum Gasteiger partial charge on any atom is 0.293 e. The summed E-state index contributed by atoms with van der Waals surface area (Å²) in [5.74, 6) is -0.187. The molecule has 0 atom stereocenters. The van der Waals surface area contributed by atoms with Crippen LogP contribution in [0.5, 0.6) is 0 Å². The first-order valence-corrected chi connectivity index (χ1v) is 7.93. The van der Waals surface area contributed by atoms with Crippen molar-refractivity contribution in [2.45, 2.75) is 47.1 Å². The topological polar surface area (TPSA) is 42.3 Å². The van der Waals surface area contributed by atoms with Crippen molar-refractivity contribution < 1.29 is 9.59 Å². The van der Waals surface area contributed by atoms with Gasteiger partial charge in [0, 0.05) is 23.5 Å². The number of hydrogen-bond acceptors (Lipinski definition) is 3. The molecule has 2 heterocycles. The Morgan fingerprint density at radius 2 is 1.86 bits per heavy atom. The molecule has 114 valence electrons. The summed E-state index contributed by atoms with van der Waals surface area (Å²) in [4.78, 5) is 25.7. The first-order chi connectivity index (χ1) is 9.66. The lowest BCUT2D eigenvalue weighted by Crippen LogP contribution is -2.27. The third kappa shape index (κ3) is 2.79. The summed E-state index contributed by atoms with van der Waals surface area (Å²) < 4.78 is 2.25. The van der Waals surface area contributed by atoms with Crippen molar-refractivity contribution in [2.75, 3.05) is 6.54 Å². The molecular formula is C16H22N2O2S. The van der Waals surface area contributed by atoms with Gasteiger partial charge in [0.05, 0.1) is 4.91 Å². The largest absolute Gasteiger partial charge is 0.343 e. The molecule has 0 aliphatic carbocycles. The number of carbonyl (C=O) groups excluding carboxylic acids is 2. The van der Waals surface area contributed by atoms with Crippen molar-refractivity contribution in [1.82, 2.24) is 9.47 Å². The summed E-state index contributed by atoms with van der Waals surface area (Å²) in [5.41, 5.74) is 3.26. The molecule has 1 aliphatic rings. The zero-order valence-electron chi connectivity index (χ0n) is 13.5. The standard InChI is InChI=1S/C16H22N2O2S/c1-7-17-14(19)13(21-15(17)20)9-12-8-10(2)18(11(12)3)16(4,5)6/h8-9H,7H2,1-6H3/b13-9+. The van der Waals surface area contributed by atoms with E-state index in [0.29, 0.717) is 11.4 Å². The monoisotopic (exact) mass is 306 g/mol. The molecule has 0 spiro atoms. The van der Waals surface area contributed by atoms with Crippen molar-refractivity contribution in [1.29, 1.82) is 0 Å². The molecule has 0 N–H and O–H groups in total. The van der Waals surface area contributed by atoms with E-state index >= 15 is 0 Å². The van der Waals surface area contributed by atoms with Crippen LogP contribution in [-0.2, 0) is 10.3 Å². The molecule has 0 saturated carbocycles. The number of thioether (sulfide) groups is 1. The van der Waals surface area contributed by atoms with Gasteiger partial charge in [-0.2, -0.15) is 0 Å². The van der Waals surface area contributed by atoms with E-state index in [1.165, 1.54) is 4.90 Å². The van der Waals surface area contributed by atoms with Crippen LogP contribution in [0.25, 0.3) is 6.08 Å². The van der Waals surface area contributed by atoms with Gasteiger partial charge in [0.25, 0.3) is 11.1 Å². The molecule has 1 aromatic heterocycles. The fourth-order valence-electron chi connectivity index (χ4n) is 2.88. The molecule has 1 saturated heterocycles. The van der Waals surface area contributed by atoms with Gasteiger partial charge in [0.15, 0.2) is 0 Å². The zero-order chi connectivity index (χ0) is 15.9. The number of likely N-dealkylation sites (N-methyl/N-ethyl adjacent to an activating group) is 1. The van der Waals surface area contributed by atoms with Crippen LogP contribution in [-0.4, -0.2) is 27.2 Å². The van der Waals surface area contributed by atoms with Crippen LogP contribution in [0.1, 0.15) is 44.6 Å². The molecule has 1 aliphatic heterocycles. The van der Waals surface area contributed by atoms with Crippen LogP contribution < -0.4 is 0 Å². The third-order valence-electron chi connectivity index (χ3n) is 3.62. The fourth-order valence-corrected chi connectivity index (χ4v) is 3.77. The molecule has 4 nitrogen and oxygen atoms in total. The van der Waals surface area contributed by atoms with E-state index in [2.05, 4.69) is 38.3 Å². The molecule has 0 unspecified atom stereocenters. The molecule has 5 heteroatoms. The van der Waals surface area contributed by atoms with E-state index in [1.54, 1.807) is 0 Å². The molecule has 0 bridgehead atoms. The van der Waals surface area contributed by atoms with Crippen molar-refractivity contribution in [2.24, 2.45) is 0 Å². The Bertz CT molecular complexity index is 635.